The smallest absolute Gasteiger partial charge is 0.416 e. The van der Waals surface area contributed by atoms with E-state index in [-0.39, 0.29) is 40.9 Å². The lowest BCUT2D eigenvalue weighted by Gasteiger charge is -2.18. The number of carbonyl (C=O) groups is 1. The Bertz CT molecular complexity index is 1480. The molecule has 3 aromatic rings. The van der Waals surface area contributed by atoms with Gasteiger partial charge in [-0.05, 0) is 29.7 Å². The van der Waals surface area contributed by atoms with E-state index in [2.05, 4.69) is 10.4 Å². The number of ether oxygens (including phenoxy) is 1. The Labute approximate surface area is 212 Å². The van der Waals surface area contributed by atoms with E-state index in [1.54, 1.807) is 12.1 Å². The zero-order valence-electron chi connectivity index (χ0n) is 20.6. The summed E-state index contributed by atoms with van der Waals surface area (Å²) < 4.78 is 69.2. The van der Waals surface area contributed by atoms with E-state index in [1.807, 2.05) is 26.0 Å². The number of anilines is 1. The van der Waals surface area contributed by atoms with Gasteiger partial charge in [0.05, 0.1) is 36.2 Å². The number of nitrogens with one attached hydrogen (secondary N) is 1. The van der Waals surface area contributed by atoms with E-state index in [0.717, 1.165) is 34.7 Å². The Hall–Kier alpha value is -3.67. The van der Waals surface area contributed by atoms with Crippen molar-refractivity contribution in [2.45, 2.75) is 32.5 Å². The highest BCUT2D eigenvalue weighted by Gasteiger charge is 2.32. The van der Waals surface area contributed by atoms with E-state index in [0.29, 0.717) is 11.6 Å². The molecule has 1 aromatic heterocycles. The van der Waals surface area contributed by atoms with E-state index >= 15 is 0 Å². The first-order valence-electron chi connectivity index (χ1n) is 11.2. The normalized spacial score (nSPS) is 12.0. The van der Waals surface area contributed by atoms with Crippen LogP contribution >= 0.6 is 0 Å². The van der Waals surface area contributed by atoms with Crippen molar-refractivity contribution in [1.82, 2.24) is 9.78 Å². The molecule has 12 heteroatoms. The summed E-state index contributed by atoms with van der Waals surface area (Å²) in [6.45, 7) is 3.65. The van der Waals surface area contributed by atoms with E-state index in [9.17, 15) is 31.2 Å². The van der Waals surface area contributed by atoms with Crippen molar-refractivity contribution < 1.29 is 31.1 Å². The van der Waals surface area contributed by atoms with Crippen LogP contribution in [0.4, 0.5) is 18.9 Å². The predicted octanol–water partition coefficient (Wildman–Crippen LogP) is 4.36. The molecule has 0 aliphatic carbocycles. The molecule has 1 heterocycles. The number of rotatable bonds is 8. The number of nitrogens with zero attached hydrogens (tertiary/aromatic N) is 2. The highest BCUT2D eigenvalue weighted by atomic mass is 32.2. The first-order chi connectivity index (χ1) is 17.2. The molecule has 0 saturated heterocycles. The van der Waals surface area contributed by atoms with Crippen molar-refractivity contribution in [2.75, 3.05) is 24.4 Å². The van der Waals surface area contributed by atoms with Crippen LogP contribution in [0.3, 0.4) is 0 Å². The van der Waals surface area contributed by atoms with Crippen LogP contribution in [-0.2, 0) is 22.6 Å². The molecule has 8 nitrogen and oxygen atoms in total. The van der Waals surface area contributed by atoms with Crippen molar-refractivity contribution in [2.24, 2.45) is 0 Å². The second-order valence-corrected chi connectivity index (χ2v) is 11.0. The molecule has 0 saturated carbocycles. The Morgan fingerprint density at radius 2 is 1.81 bits per heavy atom. The first-order valence-corrected chi connectivity index (χ1v) is 13.2. The number of halogens is 3. The molecule has 0 unspecified atom stereocenters. The average molecular weight is 538 g/mol. The SMILES string of the molecule is COc1ccc(C(F)(F)F)cc1C(=O)Nc1cc(=O)n(CCS(C)(=O)=O)nc1-c1ccccc1C(C)C. The molecule has 0 aliphatic rings. The molecule has 0 atom stereocenters. The van der Waals surface area contributed by atoms with E-state index in [1.165, 1.54) is 7.11 Å². The van der Waals surface area contributed by atoms with Crippen LogP contribution in [0, 0.1) is 0 Å². The van der Waals surface area contributed by atoms with Crippen LogP contribution in [0.1, 0.15) is 41.3 Å². The number of hydrogen-bond acceptors (Lipinski definition) is 6. The zero-order chi connectivity index (χ0) is 27.5. The third-order valence-corrected chi connectivity index (χ3v) is 6.45. The fraction of sp³-hybridized carbons (Fsp3) is 0.320. The number of hydrogen-bond donors (Lipinski definition) is 1. The largest absolute Gasteiger partial charge is 0.496 e. The molecule has 3 rings (SSSR count). The quantitative estimate of drug-likeness (QED) is 0.458. The van der Waals surface area contributed by atoms with Crippen LogP contribution in [-0.4, -0.2) is 43.2 Å². The number of amides is 1. The zero-order valence-corrected chi connectivity index (χ0v) is 21.4. The molecule has 0 spiro atoms. The van der Waals surface area contributed by atoms with Crippen LogP contribution in [0.25, 0.3) is 11.3 Å². The van der Waals surface area contributed by atoms with Crippen molar-refractivity contribution in [3.05, 3.63) is 75.6 Å². The number of aryl methyl sites for hydroxylation is 1. The predicted molar refractivity (Wildman–Crippen MR) is 134 cm³/mol. The van der Waals surface area contributed by atoms with Gasteiger partial charge >= 0.3 is 6.18 Å². The molecular weight excluding hydrogens is 511 g/mol. The van der Waals surface area contributed by atoms with Gasteiger partial charge in [-0.25, -0.2) is 13.1 Å². The van der Waals surface area contributed by atoms with Gasteiger partial charge in [0, 0.05) is 17.9 Å². The fourth-order valence-corrected chi connectivity index (χ4v) is 4.17. The Morgan fingerprint density at radius 3 is 2.41 bits per heavy atom. The van der Waals surface area contributed by atoms with Crippen molar-refractivity contribution in [1.29, 1.82) is 0 Å². The molecule has 2 aromatic carbocycles. The molecule has 198 valence electrons. The van der Waals surface area contributed by atoms with Gasteiger partial charge < -0.3 is 10.1 Å². The van der Waals surface area contributed by atoms with Gasteiger partial charge in [0.2, 0.25) is 0 Å². The Kier molecular flexibility index (Phi) is 8.11. The maximum Gasteiger partial charge on any atom is 0.416 e. The third kappa shape index (κ3) is 6.76. The number of sulfone groups is 1. The highest BCUT2D eigenvalue weighted by Crippen LogP contribution is 2.35. The summed E-state index contributed by atoms with van der Waals surface area (Å²) in [6.07, 6.45) is -3.66. The van der Waals surface area contributed by atoms with Gasteiger partial charge in [-0.2, -0.15) is 18.3 Å². The minimum atomic E-state index is -4.69. The van der Waals surface area contributed by atoms with Gasteiger partial charge in [-0.15, -0.1) is 0 Å². The topological polar surface area (TPSA) is 107 Å². The first kappa shape index (κ1) is 27.9. The van der Waals surface area contributed by atoms with Gasteiger partial charge in [0.1, 0.15) is 21.3 Å². The second kappa shape index (κ2) is 10.8. The summed E-state index contributed by atoms with van der Waals surface area (Å²) in [5, 5.41) is 6.85. The van der Waals surface area contributed by atoms with Crippen molar-refractivity contribution in [3.8, 4) is 17.0 Å². The lowest BCUT2D eigenvalue weighted by atomic mass is 9.94. The molecular formula is C25H26F3N3O5S. The summed E-state index contributed by atoms with van der Waals surface area (Å²) >= 11 is 0. The van der Waals surface area contributed by atoms with E-state index < -0.39 is 33.0 Å². The van der Waals surface area contributed by atoms with Crippen LogP contribution < -0.4 is 15.6 Å². The minimum Gasteiger partial charge on any atom is -0.496 e. The third-order valence-electron chi connectivity index (χ3n) is 5.53. The summed E-state index contributed by atoms with van der Waals surface area (Å²) in [4.78, 5) is 25.9. The van der Waals surface area contributed by atoms with Crippen LogP contribution in [0.5, 0.6) is 5.75 Å². The van der Waals surface area contributed by atoms with Crippen molar-refractivity contribution in [3.63, 3.8) is 0 Å². The van der Waals surface area contributed by atoms with Gasteiger partial charge in [-0.3, -0.25) is 9.59 Å². The molecule has 0 radical (unpaired) electrons. The van der Waals surface area contributed by atoms with Crippen LogP contribution in [0.15, 0.2) is 53.3 Å². The van der Waals surface area contributed by atoms with Gasteiger partial charge in [0.15, 0.2) is 0 Å². The average Bonchev–Trinajstić information content (AvgIpc) is 2.81. The minimum absolute atomic E-state index is 0.0153. The lowest BCUT2D eigenvalue weighted by molar-refractivity contribution is -0.137. The van der Waals surface area contributed by atoms with Gasteiger partial charge in [-0.1, -0.05) is 38.1 Å². The van der Waals surface area contributed by atoms with Gasteiger partial charge in [0.25, 0.3) is 11.5 Å². The Morgan fingerprint density at radius 1 is 1.14 bits per heavy atom. The number of benzene rings is 2. The van der Waals surface area contributed by atoms with Crippen LogP contribution in [0.2, 0.25) is 0 Å². The molecule has 0 fully saturated rings. The maximum absolute atomic E-state index is 13.3. The highest BCUT2D eigenvalue weighted by molar-refractivity contribution is 7.90. The number of methoxy groups -OCH3 is 1. The molecule has 0 aliphatic heterocycles. The number of aromatic nitrogens is 2. The Balaban J connectivity index is 2.16. The van der Waals surface area contributed by atoms with E-state index in [4.69, 9.17) is 4.74 Å². The molecule has 1 N–H and O–H groups in total. The number of carbonyl (C=O) groups excluding carboxylic acids is 1. The van der Waals surface area contributed by atoms with Crippen molar-refractivity contribution >= 4 is 21.4 Å². The summed E-state index contributed by atoms with van der Waals surface area (Å²) in [5.74, 6) is -1.36. The maximum atomic E-state index is 13.3. The fourth-order valence-electron chi connectivity index (χ4n) is 3.66. The molecule has 37 heavy (non-hydrogen) atoms. The standard InChI is InChI=1S/C25H26F3N3O5S/c1-15(2)17-7-5-6-8-18(17)23-20(14-22(32)31(30-23)11-12-37(4,34)35)29-24(33)19-13-16(25(26,27)28)9-10-21(19)36-3/h5-10,13-15H,11-12H2,1-4H3,(H,29,33). The monoisotopic (exact) mass is 537 g/mol. The summed E-state index contributed by atoms with van der Waals surface area (Å²) in [7, 11) is -2.19. The summed E-state index contributed by atoms with van der Waals surface area (Å²) in [5.41, 5.74) is -0.609. The number of alkyl halides is 3. The molecule has 0 bridgehead atoms. The molecule has 1 amide bonds. The second-order valence-electron chi connectivity index (χ2n) is 8.71. The lowest BCUT2D eigenvalue weighted by Crippen LogP contribution is -2.28. The summed E-state index contributed by atoms with van der Waals surface area (Å²) in [6, 6.07) is 10.7.